The van der Waals surface area contributed by atoms with E-state index in [0.29, 0.717) is 5.91 Å². The Balaban J connectivity index is 1.47. The molecule has 2 aliphatic heterocycles. The standard InChI is InChI=1S/C20H22BrN3O/c21-18-8-3-10-22-19(18)23-11-4-7-17(14-23)20(25)24-12-9-15-5-1-2-6-16(15)13-24/h1-3,5-6,8,10,17H,4,7,9,11-14H2. The minimum absolute atomic E-state index is 0.0629. The largest absolute Gasteiger partial charge is 0.355 e. The molecule has 0 saturated carbocycles. The third-order valence-corrected chi connectivity index (χ3v) is 5.87. The molecule has 130 valence electrons. The molecule has 25 heavy (non-hydrogen) atoms. The van der Waals surface area contributed by atoms with Crippen LogP contribution < -0.4 is 4.90 Å². The van der Waals surface area contributed by atoms with Crippen LogP contribution in [0.1, 0.15) is 24.0 Å². The van der Waals surface area contributed by atoms with Crippen LogP contribution in [0.25, 0.3) is 0 Å². The Hall–Kier alpha value is -1.88. The van der Waals surface area contributed by atoms with Crippen LogP contribution in [-0.4, -0.2) is 35.4 Å². The van der Waals surface area contributed by atoms with Crippen LogP contribution in [0.3, 0.4) is 0 Å². The summed E-state index contributed by atoms with van der Waals surface area (Å²) in [5.41, 5.74) is 2.68. The summed E-state index contributed by atoms with van der Waals surface area (Å²) in [4.78, 5) is 21.9. The van der Waals surface area contributed by atoms with E-state index in [9.17, 15) is 4.79 Å². The molecule has 1 saturated heterocycles. The molecule has 3 heterocycles. The van der Waals surface area contributed by atoms with Gasteiger partial charge in [0.15, 0.2) is 0 Å². The lowest BCUT2D eigenvalue weighted by atomic mass is 9.94. The van der Waals surface area contributed by atoms with Crippen molar-refractivity contribution in [2.75, 3.05) is 24.5 Å². The number of carbonyl (C=O) groups is 1. The zero-order chi connectivity index (χ0) is 17.2. The summed E-state index contributed by atoms with van der Waals surface area (Å²) in [5, 5.41) is 0. The number of hydrogen-bond acceptors (Lipinski definition) is 3. The summed E-state index contributed by atoms with van der Waals surface area (Å²) in [5.74, 6) is 1.31. The van der Waals surface area contributed by atoms with E-state index in [0.717, 1.165) is 55.7 Å². The lowest BCUT2D eigenvalue weighted by Crippen LogP contribution is -2.46. The van der Waals surface area contributed by atoms with Crippen molar-refractivity contribution in [2.45, 2.75) is 25.8 Å². The van der Waals surface area contributed by atoms with E-state index in [1.54, 1.807) is 0 Å². The maximum atomic E-state index is 13.1. The lowest BCUT2D eigenvalue weighted by molar-refractivity contribution is -0.136. The van der Waals surface area contributed by atoms with Crippen LogP contribution in [-0.2, 0) is 17.8 Å². The highest BCUT2D eigenvalue weighted by Crippen LogP contribution is 2.29. The average Bonchev–Trinajstić information content (AvgIpc) is 2.67. The van der Waals surface area contributed by atoms with Gasteiger partial charge in [-0.25, -0.2) is 4.98 Å². The number of fused-ring (bicyclic) bond motifs is 1. The Morgan fingerprint density at radius 1 is 1.12 bits per heavy atom. The number of halogens is 1. The summed E-state index contributed by atoms with van der Waals surface area (Å²) in [6.07, 6.45) is 4.78. The lowest BCUT2D eigenvalue weighted by Gasteiger charge is -2.37. The fourth-order valence-corrected chi connectivity index (χ4v) is 4.43. The van der Waals surface area contributed by atoms with Crippen molar-refractivity contribution in [2.24, 2.45) is 5.92 Å². The monoisotopic (exact) mass is 399 g/mol. The molecule has 2 aliphatic rings. The number of piperidine rings is 1. The van der Waals surface area contributed by atoms with Gasteiger partial charge < -0.3 is 9.80 Å². The number of benzene rings is 1. The van der Waals surface area contributed by atoms with E-state index in [4.69, 9.17) is 0 Å². The van der Waals surface area contributed by atoms with Crippen molar-refractivity contribution < 1.29 is 4.79 Å². The molecule has 4 rings (SSSR count). The Bertz CT molecular complexity index is 779. The van der Waals surface area contributed by atoms with Gasteiger partial charge in [-0.2, -0.15) is 0 Å². The van der Waals surface area contributed by atoms with Gasteiger partial charge in [-0.15, -0.1) is 0 Å². The van der Waals surface area contributed by atoms with E-state index in [2.05, 4.69) is 50.1 Å². The summed E-state index contributed by atoms with van der Waals surface area (Å²) in [6.45, 7) is 3.30. The number of anilines is 1. The van der Waals surface area contributed by atoms with Crippen molar-refractivity contribution in [1.82, 2.24) is 9.88 Å². The first-order valence-corrected chi connectivity index (χ1v) is 9.73. The van der Waals surface area contributed by atoms with Crippen molar-refractivity contribution in [3.8, 4) is 0 Å². The predicted molar refractivity (Wildman–Crippen MR) is 102 cm³/mol. The van der Waals surface area contributed by atoms with Crippen LogP contribution in [0.5, 0.6) is 0 Å². The van der Waals surface area contributed by atoms with Crippen LogP contribution in [0.2, 0.25) is 0 Å². The molecule has 1 fully saturated rings. The van der Waals surface area contributed by atoms with Gasteiger partial charge in [0, 0.05) is 32.4 Å². The number of hydrogen-bond donors (Lipinski definition) is 0. The quantitative estimate of drug-likeness (QED) is 0.773. The molecule has 1 aromatic carbocycles. The summed E-state index contributed by atoms with van der Waals surface area (Å²) < 4.78 is 0.995. The number of aromatic nitrogens is 1. The van der Waals surface area contributed by atoms with Crippen LogP contribution in [0, 0.1) is 5.92 Å². The van der Waals surface area contributed by atoms with E-state index in [1.807, 2.05) is 23.2 Å². The minimum Gasteiger partial charge on any atom is -0.355 e. The molecular formula is C20H22BrN3O. The van der Waals surface area contributed by atoms with Crippen molar-refractivity contribution >= 4 is 27.7 Å². The predicted octanol–water partition coefficient (Wildman–Crippen LogP) is 3.65. The number of carbonyl (C=O) groups excluding carboxylic acids is 1. The van der Waals surface area contributed by atoms with Gasteiger partial charge in [0.1, 0.15) is 5.82 Å². The molecule has 0 aliphatic carbocycles. The maximum Gasteiger partial charge on any atom is 0.227 e. The Kier molecular flexibility index (Phi) is 4.75. The molecule has 5 heteroatoms. The van der Waals surface area contributed by atoms with Crippen molar-refractivity contribution in [3.05, 3.63) is 58.2 Å². The summed E-state index contributed by atoms with van der Waals surface area (Å²) in [6, 6.07) is 12.4. The van der Waals surface area contributed by atoms with Crippen LogP contribution >= 0.6 is 15.9 Å². The molecule has 1 unspecified atom stereocenters. The van der Waals surface area contributed by atoms with E-state index in [-0.39, 0.29) is 5.92 Å². The summed E-state index contributed by atoms with van der Waals surface area (Å²) >= 11 is 3.58. The number of nitrogens with zero attached hydrogens (tertiary/aromatic N) is 3. The Labute approximate surface area is 157 Å². The molecule has 1 atom stereocenters. The second-order valence-corrected chi connectivity index (χ2v) is 7.73. The van der Waals surface area contributed by atoms with Crippen molar-refractivity contribution in [3.63, 3.8) is 0 Å². The smallest absolute Gasteiger partial charge is 0.227 e. The normalized spacial score (nSPS) is 20.3. The zero-order valence-electron chi connectivity index (χ0n) is 14.2. The second kappa shape index (κ2) is 7.16. The molecule has 0 radical (unpaired) electrons. The number of amides is 1. The minimum atomic E-state index is 0.0629. The Morgan fingerprint density at radius 3 is 2.80 bits per heavy atom. The fourth-order valence-electron chi connectivity index (χ4n) is 3.92. The zero-order valence-corrected chi connectivity index (χ0v) is 15.8. The third-order valence-electron chi connectivity index (χ3n) is 5.25. The fraction of sp³-hybridized carbons (Fsp3) is 0.400. The molecule has 1 aromatic heterocycles. The number of rotatable bonds is 2. The molecule has 0 N–H and O–H groups in total. The first-order chi connectivity index (χ1) is 12.2. The molecule has 0 bridgehead atoms. The average molecular weight is 400 g/mol. The van der Waals surface area contributed by atoms with Crippen molar-refractivity contribution in [1.29, 1.82) is 0 Å². The highest BCUT2D eigenvalue weighted by Gasteiger charge is 2.31. The first-order valence-electron chi connectivity index (χ1n) is 8.93. The van der Waals surface area contributed by atoms with Gasteiger partial charge in [-0.1, -0.05) is 24.3 Å². The summed E-state index contributed by atoms with van der Waals surface area (Å²) in [7, 11) is 0. The molecule has 2 aromatic rings. The van der Waals surface area contributed by atoms with Gasteiger partial charge >= 0.3 is 0 Å². The molecular weight excluding hydrogens is 378 g/mol. The van der Waals surface area contributed by atoms with E-state index >= 15 is 0 Å². The van der Waals surface area contributed by atoms with Gasteiger partial charge in [0.2, 0.25) is 5.91 Å². The highest BCUT2D eigenvalue weighted by molar-refractivity contribution is 9.10. The Morgan fingerprint density at radius 2 is 1.96 bits per heavy atom. The van der Waals surface area contributed by atoms with Crippen LogP contribution in [0.4, 0.5) is 5.82 Å². The second-order valence-electron chi connectivity index (χ2n) is 6.87. The van der Waals surface area contributed by atoms with E-state index < -0.39 is 0 Å². The first kappa shape index (κ1) is 16.6. The van der Waals surface area contributed by atoms with Gasteiger partial charge in [0.25, 0.3) is 0 Å². The third kappa shape index (κ3) is 3.43. The highest BCUT2D eigenvalue weighted by atomic mass is 79.9. The van der Waals surface area contributed by atoms with E-state index in [1.165, 1.54) is 11.1 Å². The maximum absolute atomic E-state index is 13.1. The van der Waals surface area contributed by atoms with Gasteiger partial charge in [-0.05, 0) is 58.5 Å². The molecule has 1 amide bonds. The van der Waals surface area contributed by atoms with Gasteiger partial charge in [0.05, 0.1) is 10.4 Å². The molecule has 0 spiro atoms. The topological polar surface area (TPSA) is 36.4 Å². The van der Waals surface area contributed by atoms with Crippen LogP contribution in [0.15, 0.2) is 47.1 Å². The van der Waals surface area contributed by atoms with Gasteiger partial charge in [-0.3, -0.25) is 4.79 Å². The number of pyridine rings is 1. The molecule has 4 nitrogen and oxygen atoms in total. The SMILES string of the molecule is O=C(C1CCCN(c2ncccc2Br)C1)N1CCc2ccccc2C1.